The first-order chi connectivity index (χ1) is 18.3. The predicted octanol–water partition coefficient (Wildman–Crippen LogP) is 10.3. The quantitative estimate of drug-likeness (QED) is 0.231. The van der Waals surface area contributed by atoms with Crippen LogP contribution < -0.4 is 4.90 Å². The SMILES string of the molecule is c1ccc(-c2ccc(N(c3ccccc3)c3ccc4ccc5ccc6ccccc6c5c4c3)cc2)cc1. The molecule has 7 aromatic carbocycles. The van der Waals surface area contributed by atoms with E-state index in [2.05, 4.69) is 157 Å². The third-order valence-electron chi connectivity index (χ3n) is 7.22. The molecule has 0 atom stereocenters. The third kappa shape index (κ3) is 3.82. The second-order valence-corrected chi connectivity index (χ2v) is 9.44. The van der Waals surface area contributed by atoms with Crippen molar-refractivity contribution < 1.29 is 0 Å². The van der Waals surface area contributed by atoms with Gasteiger partial charge in [0, 0.05) is 17.1 Å². The van der Waals surface area contributed by atoms with Crippen molar-refractivity contribution in [2.24, 2.45) is 0 Å². The molecular formula is C36H25N. The van der Waals surface area contributed by atoms with Gasteiger partial charge in [-0.2, -0.15) is 0 Å². The average Bonchev–Trinajstić information content (AvgIpc) is 2.98. The highest BCUT2D eigenvalue weighted by molar-refractivity contribution is 6.20. The summed E-state index contributed by atoms with van der Waals surface area (Å²) in [5.74, 6) is 0. The van der Waals surface area contributed by atoms with Gasteiger partial charge in [0.05, 0.1) is 0 Å². The summed E-state index contributed by atoms with van der Waals surface area (Å²) in [6, 6.07) is 54.5. The molecule has 0 bridgehead atoms. The van der Waals surface area contributed by atoms with Crippen LogP contribution in [-0.2, 0) is 0 Å². The Bertz CT molecular complexity index is 1850. The standard InChI is InChI=1S/C36H25N/c1-3-9-26(10-4-1)27-19-22-32(23-20-27)37(31-12-5-2-6-13-31)33-24-21-29-16-18-30-17-15-28-11-7-8-14-34(28)36(30)35(29)25-33/h1-25H. The Morgan fingerprint density at radius 3 is 1.59 bits per heavy atom. The Hall–Kier alpha value is -4.88. The molecule has 0 fully saturated rings. The number of hydrogen-bond donors (Lipinski definition) is 0. The molecule has 1 heteroatoms. The van der Waals surface area contributed by atoms with Gasteiger partial charge in [0.15, 0.2) is 0 Å². The van der Waals surface area contributed by atoms with Gasteiger partial charge in [0.25, 0.3) is 0 Å². The highest BCUT2D eigenvalue weighted by atomic mass is 15.1. The zero-order chi connectivity index (χ0) is 24.6. The minimum Gasteiger partial charge on any atom is -0.310 e. The minimum atomic E-state index is 1.13. The maximum Gasteiger partial charge on any atom is 0.0468 e. The number of anilines is 3. The lowest BCUT2D eigenvalue weighted by Crippen LogP contribution is -2.09. The lowest BCUT2D eigenvalue weighted by Gasteiger charge is -2.26. The zero-order valence-electron chi connectivity index (χ0n) is 20.4. The average molecular weight is 472 g/mol. The highest BCUT2D eigenvalue weighted by Crippen LogP contribution is 2.39. The largest absolute Gasteiger partial charge is 0.310 e. The van der Waals surface area contributed by atoms with Crippen LogP contribution in [0.4, 0.5) is 17.1 Å². The van der Waals surface area contributed by atoms with E-state index >= 15 is 0 Å². The molecule has 0 N–H and O–H groups in total. The Kier molecular flexibility index (Phi) is 5.19. The molecule has 0 saturated heterocycles. The van der Waals surface area contributed by atoms with Crippen LogP contribution in [0.25, 0.3) is 43.4 Å². The van der Waals surface area contributed by atoms with E-state index in [4.69, 9.17) is 0 Å². The summed E-state index contributed by atoms with van der Waals surface area (Å²) in [7, 11) is 0. The number of para-hydroxylation sites is 1. The lowest BCUT2D eigenvalue weighted by atomic mass is 9.96. The van der Waals surface area contributed by atoms with E-state index in [1.54, 1.807) is 0 Å². The van der Waals surface area contributed by atoms with Gasteiger partial charge in [-0.15, -0.1) is 0 Å². The van der Waals surface area contributed by atoms with Gasteiger partial charge in [0.1, 0.15) is 0 Å². The minimum absolute atomic E-state index is 1.13. The Labute approximate surface area is 216 Å². The molecule has 1 nitrogen and oxygen atoms in total. The number of fused-ring (bicyclic) bond motifs is 5. The fraction of sp³-hybridized carbons (Fsp3) is 0. The van der Waals surface area contributed by atoms with Crippen LogP contribution in [-0.4, -0.2) is 0 Å². The summed E-state index contributed by atoms with van der Waals surface area (Å²) in [6.45, 7) is 0. The molecule has 0 heterocycles. The van der Waals surface area contributed by atoms with Crippen molar-refractivity contribution in [2.45, 2.75) is 0 Å². The maximum atomic E-state index is 2.35. The normalized spacial score (nSPS) is 11.2. The van der Waals surface area contributed by atoms with Crippen molar-refractivity contribution >= 4 is 49.4 Å². The lowest BCUT2D eigenvalue weighted by molar-refractivity contribution is 1.29. The summed E-state index contributed by atoms with van der Waals surface area (Å²) < 4.78 is 0. The number of rotatable bonds is 4. The van der Waals surface area contributed by atoms with Gasteiger partial charge in [-0.05, 0) is 79.8 Å². The molecule has 0 aromatic heterocycles. The third-order valence-corrected chi connectivity index (χ3v) is 7.22. The van der Waals surface area contributed by atoms with Crippen LogP contribution in [0.1, 0.15) is 0 Å². The number of nitrogens with zero attached hydrogens (tertiary/aromatic N) is 1. The fourth-order valence-electron chi connectivity index (χ4n) is 5.41. The Morgan fingerprint density at radius 1 is 0.324 bits per heavy atom. The molecule has 0 saturated carbocycles. The van der Waals surface area contributed by atoms with Crippen molar-refractivity contribution in [1.29, 1.82) is 0 Å². The van der Waals surface area contributed by atoms with Crippen LogP contribution in [0.3, 0.4) is 0 Å². The summed E-state index contributed by atoms with van der Waals surface area (Å²) >= 11 is 0. The van der Waals surface area contributed by atoms with Crippen molar-refractivity contribution in [3.63, 3.8) is 0 Å². The molecule has 7 aromatic rings. The fourth-order valence-corrected chi connectivity index (χ4v) is 5.41. The molecule has 7 rings (SSSR count). The van der Waals surface area contributed by atoms with E-state index in [0.717, 1.165) is 17.1 Å². The Balaban J connectivity index is 1.43. The first-order valence-corrected chi connectivity index (χ1v) is 12.7. The molecule has 0 radical (unpaired) electrons. The van der Waals surface area contributed by atoms with E-state index in [1.165, 1.54) is 43.4 Å². The molecule has 0 unspecified atom stereocenters. The van der Waals surface area contributed by atoms with Gasteiger partial charge in [0.2, 0.25) is 0 Å². The predicted molar refractivity (Wildman–Crippen MR) is 159 cm³/mol. The van der Waals surface area contributed by atoms with E-state index < -0.39 is 0 Å². The van der Waals surface area contributed by atoms with Crippen molar-refractivity contribution in [3.8, 4) is 11.1 Å². The molecule has 174 valence electrons. The molecular weight excluding hydrogens is 446 g/mol. The molecule has 0 aliphatic heterocycles. The maximum absolute atomic E-state index is 2.35. The van der Waals surface area contributed by atoms with Crippen molar-refractivity contribution in [3.05, 3.63) is 152 Å². The molecule has 0 spiro atoms. The van der Waals surface area contributed by atoms with E-state index in [9.17, 15) is 0 Å². The van der Waals surface area contributed by atoms with E-state index in [1.807, 2.05) is 0 Å². The first-order valence-electron chi connectivity index (χ1n) is 12.7. The van der Waals surface area contributed by atoms with Gasteiger partial charge >= 0.3 is 0 Å². The van der Waals surface area contributed by atoms with Crippen LogP contribution >= 0.6 is 0 Å². The topological polar surface area (TPSA) is 3.24 Å². The molecule has 37 heavy (non-hydrogen) atoms. The van der Waals surface area contributed by atoms with Gasteiger partial charge < -0.3 is 4.90 Å². The van der Waals surface area contributed by atoms with E-state index in [0.29, 0.717) is 0 Å². The van der Waals surface area contributed by atoms with Crippen LogP contribution in [0.2, 0.25) is 0 Å². The zero-order valence-corrected chi connectivity index (χ0v) is 20.4. The molecule has 0 amide bonds. The van der Waals surface area contributed by atoms with Gasteiger partial charge in [-0.3, -0.25) is 0 Å². The number of hydrogen-bond acceptors (Lipinski definition) is 1. The second kappa shape index (κ2) is 8.96. The van der Waals surface area contributed by atoms with E-state index in [-0.39, 0.29) is 0 Å². The molecule has 0 aliphatic rings. The summed E-state index contributed by atoms with van der Waals surface area (Å²) in [5, 5.41) is 7.66. The van der Waals surface area contributed by atoms with Crippen LogP contribution in [0.15, 0.2) is 152 Å². The van der Waals surface area contributed by atoms with Crippen LogP contribution in [0.5, 0.6) is 0 Å². The number of benzene rings is 7. The summed E-state index contributed by atoms with van der Waals surface area (Å²) in [4.78, 5) is 2.35. The van der Waals surface area contributed by atoms with Crippen LogP contribution in [0, 0.1) is 0 Å². The monoisotopic (exact) mass is 471 g/mol. The first kappa shape index (κ1) is 21.4. The van der Waals surface area contributed by atoms with Crippen molar-refractivity contribution in [1.82, 2.24) is 0 Å². The second-order valence-electron chi connectivity index (χ2n) is 9.44. The van der Waals surface area contributed by atoms with Gasteiger partial charge in [-0.25, -0.2) is 0 Å². The Morgan fingerprint density at radius 2 is 0.838 bits per heavy atom. The molecule has 0 aliphatic carbocycles. The van der Waals surface area contributed by atoms with Crippen molar-refractivity contribution in [2.75, 3.05) is 4.90 Å². The summed E-state index contributed by atoms with van der Waals surface area (Å²) in [6.07, 6.45) is 0. The van der Waals surface area contributed by atoms with Gasteiger partial charge in [-0.1, -0.05) is 115 Å². The summed E-state index contributed by atoms with van der Waals surface area (Å²) in [5.41, 5.74) is 5.86. The highest BCUT2D eigenvalue weighted by Gasteiger charge is 2.14. The smallest absolute Gasteiger partial charge is 0.0468 e.